The zero-order valence-electron chi connectivity index (χ0n) is 11.8. The molecule has 0 spiro atoms. The zero-order chi connectivity index (χ0) is 17.3. The van der Waals surface area contributed by atoms with Crippen molar-refractivity contribution in [2.45, 2.75) is 6.36 Å². The molecule has 0 unspecified atom stereocenters. The van der Waals surface area contributed by atoms with Crippen LogP contribution in [0, 0.1) is 0 Å². The molecule has 12 heteroatoms. The highest BCUT2D eigenvalue weighted by Gasteiger charge is 2.32. The van der Waals surface area contributed by atoms with Gasteiger partial charge in [0.05, 0.1) is 11.6 Å². The summed E-state index contributed by atoms with van der Waals surface area (Å²) in [5.74, 6) is -0.0655. The summed E-state index contributed by atoms with van der Waals surface area (Å²) in [5, 5.41) is 9.96. The summed E-state index contributed by atoms with van der Waals surface area (Å²) in [7, 11) is 1.38. The fourth-order valence-electron chi connectivity index (χ4n) is 1.77. The lowest BCUT2D eigenvalue weighted by molar-refractivity contribution is -0.274. The number of rotatable bonds is 4. The van der Waals surface area contributed by atoms with Gasteiger partial charge in [0.15, 0.2) is 5.82 Å². The molecule has 0 aliphatic carbocycles. The van der Waals surface area contributed by atoms with E-state index in [4.69, 9.17) is 4.74 Å². The number of ether oxygens (including phenoxy) is 2. The van der Waals surface area contributed by atoms with Crippen LogP contribution in [0.2, 0.25) is 0 Å². The summed E-state index contributed by atoms with van der Waals surface area (Å²) >= 11 is 3.01. The van der Waals surface area contributed by atoms with Gasteiger partial charge in [0, 0.05) is 5.69 Å². The first kappa shape index (κ1) is 16.2. The lowest BCUT2D eigenvalue weighted by Gasteiger charge is -2.13. The Kier molecular flexibility index (Phi) is 4.13. The Morgan fingerprint density at radius 1 is 1.17 bits per heavy atom. The van der Waals surface area contributed by atoms with Crippen molar-refractivity contribution in [3.8, 4) is 11.6 Å². The number of benzene rings is 1. The molecule has 2 aromatic heterocycles. The quantitative estimate of drug-likeness (QED) is 0.705. The minimum absolute atomic E-state index is 0.0981. The second-order valence-corrected chi connectivity index (χ2v) is 5.17. The van der Waals surface area contributed by atoms with Gasteiger partial charge in [0.2, 0.25) is 11.3 Å². The Bertz CT molecular complexity index is 886. The maximum atomic E-state index is 12.3. The van der Waals surface area contributed by atoms with Gasteiger partial charge < -0.3 is 14.8 Å². The standard InChI is InChI=1S/C12H7BrF3N5O3/c1-22-11-10(18-8-9(19-11)21-24-20-8)17-5-2-3-7(6(13)4-5)23-12(14,15)16/h2-4H,1H3,(H,17,18,20). The molecule has 1 aromatic carbocycles. The normalized spacial score (nSPS) is 11.5. The van der Waals surface area contributed by atoms with Gasteiger partial charge in [-0.1, -0.05) is 0 Å². The van der Waals surface area contributed by atoms with Crippen LogP contribution >= 0.6 is 15.9 Å². The van der Waals surface area contributed by atoms with Gasteiger partial charge in [0.1, 0.15) is 5.75 Å². The molecule has 0 atom stereocenters. The lowest BCUT2D eigenvalue weighted by atomic mass is 10.3. The minimum Gasteiger partial charge on any atom is -0.478 e. The molecule has 0 aliphatic heterocycles. The third kappa shape index (κ3) is 3.48. The molecule has 24 heavy (non-hydrogen) atoms. The van der Waals surface area contributed by atoms with E-state index in [9.17, 15) is 13.2 Å². The molecule has 0 radical (unpaired) electrons. The van der Waals surface area contributed by atoms with Gasteiger partial charge >= 0.3 is 6.36 Å². The van der Waals surface area contributed by atoms with E-state index in [1.54, 1.807) is 0 Å². The molecular formula is C12H7BrF3N5O3. The Balaban J connectivity index is 1.89. The summed E-state index contributed by atoms with van der Waals surface area (Å²) in [5.41, 5.74) is 0.724. The number of nitrogens with one attached hydrogen (secondary N) is 1. The number of hydrogen-bond donors (Lipinski definition) is 1. The van der Waals surface area contributed by atoms with E-state index >= 15 is 0 Å². The number of halogens is 4. The molecule has 0 bridgehead atoms. The third-order valence-electron chi connectivity index (χ3n) is 2.70. The maximum Gasteiger partial charge on any atom is 0.573 e. The largest absolute Gasteiger partial charge is 0.573 e. The van der Waals surface area contributed by atoms with Crippen molar-refractivity contribution < 1.29 is 27.3 Å². The van der Waals surface area contributed by atoms with Gasteiger partial charge in [-0.05, 0) is 44.4 Å². The summed E-state index contributed by atoms with van der Waals surface area (Å²) < 4.78 is 50.4. The van der Waals surface area contributed by atoms with Crippen LogP contribution in [0.5, 0.6) is 11.6 Å². The van der Waals surface area contributed by atoms with Gasteiger partial charge in [-0.3, -0.25) is 0 Å². The summed E-state index contributed by atoms with van der Waals surface area (Å²) in [6.45, 7) is 0. The van der Waals surface area contributed by atoms with Gasteiger partial charge in [0.25, 0.3) is 5.88 Å². The van der Waals surface area contributed by atoms with Crippen molar-refractivity contribution >= 4 is 38.7 Å². The molecule has 1 N–H and O–H groups in total. The molecule has 3 rings (SSSR count). The zero-order valence-corrected chi connectivity index (χ0v) is 13.3. The molecule has 3 aromatic rings. The molecule has 0 saturated heterocycles. The van der Waals surface area contributed by atoms with Crippen molar-refractivity contribution in [1.82, 2.24) is 20.3 Å². The Hall–Kier alpha value is -2.63. The average Bonchev–Trinajstić information content (AvgIpc) is 2.95. The van der Waals surface area contributed by atoms with E-state index in [2.05, 4.69) is 50.9 Å². The van der Waals surface area contributed by atoms with Crippen LogP contribution in [0.1, 0.15) is 0 Å². The topological polar surface area (TPSA) is 95.2 Å². The van der Waals surface area contributed by atoms with Gasteiger partial charge in [-0.2, -0.15) is 9.97 Å². The number of alkyl halides is 3. The highest BCUT2D eigenvalue weighted by molar-refractivity contribution is 9.10. The van der Waals surface area contributed by atoms with Crippen LogP contribution in [0.15, 0.2) is 27.3 Å². The molecule has 0 saturated carbocycles. The van der Waals surface area contributed by atoms with Crippen molar-refractivity contribution in [2.24, 2.45) is 0 Å². The smallest absolute Gasteiger partial charge is 0.478 e. The second-order valence-electron chi connectivity index (χ2n) is 4.31. The van der Waals surface area contributed by atoms with E-state index in [1.165, 1.54) is 19.2 Å². The highest BCUT2D eigenvalue weighted by Crippen LogP contribution is 2.34. The molecular weight excluding hydrogens is 399 g/mol. The number of anilines is 2. The summed E-state index contributed by atoms with van der Waals surface area (Å²) in [4.78, 5) is 8.16. The molecule has 0 amide bonds. The lowest BCUT2D eigenvalue weighted by Crippen LogP contribution is -2.17. The number of fused-ring (bicyclic) bond motifs is 1. The molecule has 2 heterocycles. The van der Waals surface area contributed by atoms with Crippen LogP contribution in [0.4, 0.5) is 24.7 Å². The number of hydrogen-bond acceptors (Lipinski definition) is 8. The maximum absolute atomic E-state index is 12.3. The van der Waals surface area contributed by atoms with Crippen LogP contribution in [0.25, 0.3) is 11.3 Å². The molecule has 8 nitrogen and oxygen atoms in total. The van der Waals surface area contributed by atoms with Gasteiger partial charge in [-0.25, -0.2) is 4.63 Å². The fraction of sp³-hybridized carbons (Fsp3) is 0.167. The Labute approximate surface area is 140 Å². The average molecular weight is 406 g/mol. The van der Waals surface area contributed by atoms with E-state index < -0.39 is 6.36 Å². The summed E-state index contributed by atoms with van der Waals surface area (Å²) in [6.07, 6.45) is -4.78. The summed E-state index contributed by atoms with van der Waals surface area (Å²) in [6, 6.07) is 3.90. The first-order valence-electron chi connectivity index (χ1n) is 6.22. The predicted octanol–water partition coefficient (Wildman–Crippen LogP) is 3.43. The number of methoxy groups -OCH3 is 1. The van der Waals surface area contributed by atoms with E-state index in [-0.39, 0.29) is 33.2 Å². The predicted molar refractivity (Wildman–Crippen MR) is 78.1 cm³/mol. The molecule has 0 fully saturated rings. The van der Waals surface area contributed by atoms with Crippen molar-refractivity contribution in [3.63, 3.8) is 0 Å². The second kappa shape index (κ2) is 6.11. The molecule has 0 aliphatic rings. The number of nitrogens with zero attached hydrogens (tertiary/aromatic N) is 4. The Morgan fingerprint density at radius 3 is 2.50 bits per heavy atom. The van der Waals surface area contributed by atoms with Crippen LogP contribution in [-0.4, -0.2) is 33.8 Å². The van der Waals surface area contributed by atoms with Crippen LogP contribution < -0.4 is 14.8 Å². The molecule has 126 valence electrons. The van der Waals surface area contributed by atoms with Gasteiger partial charge in [-0.15, -0.1) is 13.2 Å². The monoisotopic (exact) mass is 405 g/mol. The first-order valence-corrected chi connectivity index (χ1v) is 7.01. The van der Waals surface area contributed by atoms with E-state index in [0.717, 1.165) is 6.07 Å². The number of aromatic nitrogens is 4. The van der Waals surface area contributed by atoms with Crippen molar-refractivity contribution in [2.75, 3.05) is 12.4 Å². The van der Waals surface area contributed by atoms with Crippen molar-refractivity contribution in [3.05, 3.63) is 22.7 Å². The highest BCUT2D eigenvalue weighted by atomic mass is 79.9. The van der Waals surface area contributed by atoms with Crippen molar-refractivity contribution in [1.29, 1.82) is 0 Å². The third-order valence-corrected chi connectivity index (χ3v) is 3.32. The fourth-order valence-corrected chi connectivity index (χ4v) is 2.23. The SMILES string of the molecule is COc1nc2nonc2nc1Nc1ccc(OC(F)(F)F)c(Br)c1. The van der Waals surface area contributed by atoms with E-state index in [1.807, 2.05) is 0 Å². The van der Waals surface area contributed by atoms with Crippen LogP contribution in [0.3, 0.4) is 0 Å². The first-order chi connectivity index (χ1) is 11.4. The Morgan fingerprint density at radius 2 is 1.88 bits per heavy atom. The van der Waals surface area contributed by atoms with E-state index in [0.29, 0.717) is 5.69 Å². The van der Waals surface area contributed by atoms with Crippen LogP contribution in [-0.2, 0) is 0 Å². The minimum atomic E-state index is -4.78.